The van der Waals surface area contributed by atoms with Crippen LogP contribution in [0.25, 0.3) is 0 Å². The topological polar surface area (TPSA) is 75.7 Å². The molecule has 1 N–H and O–H groups in total. The monoisotopic (exact) mass is 420 g/mol. The van der Waals surface area contributed by atoms with Gasteiger partial charge in [-0.2, -0.15) is 0 Å². The van der Waals surface area contributed by atoms with Gasteiger partial charge in [0.15, 0.2) is 0 Å². The highest BCUT2D eigenvalue weighted by atomic mass is 32.2. The molecule has 6 nitrogen and oxygen atoms in total. The third-order valence-electron chi connectivity index (χ3n) is 4.51. The van der Waals surface area contributed by atoms with Crippen LogP contribution in [0.1, 0.15) is 23.2 Å². The minimum Gasteiger partial charge on any atom is -0.496 e. The number of thioether (sulfide) groups is 1. The first-order valence-corrected chi connectivity index (χ1v) is 11.6. The number of sulfonamides is 1. The molecule has 1 heterocycles. The molecule has 3 rings (SSSR count). The van der Waals surface area contributed by atoms with E-state index in [1.807, 2.05) is 30.3 Å². The molecule has 2 aromatic rings. The second-order valence-corrected chi connectivity index (χ2v) is 9.36. The summed E-state index contributed by atoms with van der Waals surface area (Å²) in [5, 5.41) is 0. The zero-order chi connectivity index (χ0) is 20.0. The zero-order valence-corrected chi connectivity index (χ0v) is 17.4. The van der Waals surface area contributed by atoms with Gasteiger partial charge in [0.05, 0.1) is 17.6 Å². The first kappa shape index (κ1) is 20.7. The number of likely N-dealkylation sites (tertiary alicyclic amines) is 1. The summed E-state index contributed by atoms with van der Waals surface area (Å²) in [6, 6.07) is 14.2. The number of nitrogens with one attached hydrogen (secondary N) is 1. The molecule has 28 heavy (non-hydrogen) atoms. The summed E-state index contributed by atoms with van der Waals surface area (Å²) in [6.45, 7) is 1.67. The average molecular weight is 421 g/mol. The Kier molecular flexibility index (Phi) is 6.98. The molecule has 0 aromatic heterocycles. The van der Waals surface area contributed by atoms with Crippen LogP contribution in [0.4, 0.5) is 0 Å². The summed E-state index contributed by atoms with van der Waals surface area (Å²) in [5.41, 5.74) is 0.283. The van der Waals surface area contributed by atoms with E-state index < -0.39 is 10.0 Å². The highest BCUT2D eigenvalue weighted by molar-refractivity contribution is 7.99. The third kappa shape index (κ3) is 5.06. The molecule has 2 aromatic carbocycles. The SMILES string of the molecule is COc1ccc(S(=O)(=O)NCCSc2ccccc2)cc1C(=O)N1CCCC1. The van der Waals surface area contributed by atoms with Crippen molar-refractivity contribution in [3.8, 4) is 5.75 Å². The number of amides is 1. The van der Waals surface area contributed by atoms with Crippen molar-refractivity contribution < 1.29 is 17.9 Å². The van der Waals surface area contributed by atoms with Crippen LogP contribution in [0.15, 0.2) is 58.3 Å². The van der Waals surface area contributed by atoms with Crippen LogP contribution in [0, 0.1) is 0 Å². The minimum absolute atomic E-state index is 0.0700. The number of methoxy groups -OCH3 is 1. The van der Waals surface area contributed by atoms with Crippen molar-refractivity contribution in [1.82, 2.24) is 9.62 Å². The Morgan fingerprint density at radius 1 is 1.14 bits per heavy atom. The van der Waals surface area contributed by atoms with Gasteiger partial charge in [-0.3, -0.25) is 4.79 Å². The molecule has 1 amide bonds. The predicted molar refractivity (Wildman–Crippen MR) is 110 cm³/mol. The lowest BCUT2D eigenvalue weighted by molar-refractivity contribution is 0.0789. The van der Waals surface area contributed by atoms with Gasteiger partial charge in [0.2, 0.25) is 10.0 Å². The fourth-order valence-electron chi connectivity index (χ4n) is 3.06. The number of hydrogen-bond donors (Lipinski definition) is 1. The first-order valence-electron chi connectivity index (χ1n) is 9.16. The molecule has 0 unspecified atom stereocenters. The molecule has 0 atom stereocenters. The maximum atomic E-state index is 12.8. The largest absolute Gasteiger partial charge is 0.496 e. The fourth-order valence-corrected chi connectivity index (χ4v) is 5.03. The highest BCUT2D eigenvalue weighted by Crippen LogP contribution is 2.25. The van der Waals surface area contributed by atoms with Crippen LogP contribution >= 0.6 is 11.8 Å². The lowest BCUT2D eigenvalue weighted by Crippen LogP contribution is -2.29. The maximum absolute atomic E-state index is 12.8. The second kappa shape index (κ2) is 9.45. The van der Waals surface area contributed by atoms with E-state index >= 15 is 0 Å². The van der Waals surface area contributed by atoms with Crippen molar-refractivity contribution in [3.63, 3.8) is 0 Å². The summed E-state index contributed by atoms with van der Waals surface area (Å²) in [4.78, 5) is 15.6. The number of ether oxygens (including phenoxy) is 1. The van der Waals surface area contributed by atoms with Crippen molar-refractivity contribution in [1.29, 1.82) is 0 Å². The van der Waals surface area contributed by atoms with Crippen LogP contribution in [0.3, 0.4) is 0 Å². The molecule has 1 aliphatic rings. The number of nitrogens with zero attached hydrogens (tertiary/aromatic N) is 1. The van der Waals surface area contributed by atoms with Crippen LogP contribution in [0.5, 0.6) is 5.75 Å². The normalized spacial score (nSPS) is 14.2. The Morgan fingerprint density at radius 3 is 2.54 bits per heavy atom. The highest BCUT2D eigenvalue weighted by Gasteiger charge is 2.25. The Balaban J connectivity index is 1.68. The smallest absolute Gasteiger partial charge is 0.257 e. The van der Waals surface area contributed by atoms with Crippen LogP contribution in [0.2, 0.25) is 0 Å². The molecule has 150 valence electrons. The summed E-state index contributed by atoms with van der Waals surface area (Å²) < 4.78 is 33.2. The Labute approximate surface area is 170 Å². The first-order chi connectivity index (χ1) is 13.5. The van der Waals surface area contributed by atoms with Crippen LogP contribution in [-0.4, -0.2) is 51.7 Å². The van der Waals surface area contributed by atoms with Gasteiger partial charge in [0.25, 0.3) is 5.91 Å². The molecule has 0 bridgehead atoms. The van der Waals surface area contributed by atoms with E-state index in [9.17, 15) is 13.2 Å². The molecule has 1 aliphatic heterocycles. The predicted octanol–water partition coefficient (Wildman–Crippen LogP) is 3.00. The van der Waals surface area contributed by atoms with E-state index in [0.717, 1.165) is 17.7 Å². The van der Waals surface area contributed by atoms with E-state index in [4.69, 9.17) is 4.74 Å². The summed E-state index contributed by atoms with van der Waals surface area (Å²) in [5.74, 6) is 0.806. The van der Waals surface area contributed by atoms with Gasteiger partial charge < -0.3 is 9.64 Å². The van der Waals surface area contributed by atoms with Gasteiger partial charge in [-0.1, -0.05) is 18.2 Å². The maximum Gasteiger partial charge on any atom is 0.257 e. The Hall–Kier alpha value is -2.03. The van der Waals surface area contributed by atoms with Crippen molar-refractivity contribution in [2.75, 3.05) is 32.5 Å². The molecule has 0 radical (unpaired) electrons. The van der Waals surface area contributed by atoms with Crippen molar-refractivity contribution in [2.45, 2.75) is 22.6 Å². The molecule has 0 spiro atoms. The van der Waals surface area contributed by atoms with Crippen molar-refractivity contribution >= 4 is 27.7 Å². The average Bonchev–Trinajstić information content (AvgIpc) is 3.26. The molecular weight excluding hydrogens is 396 g/mol. The van der Waals surface area contributed by atoms with Crippen LogP contribution < -0.4 is 9.46 Å². The van der Waals surface area contributed by atoms with E-state index in [1.54, 1.807) is 16.7 Å². The van der Waals surface area contributed by atoms with Crippen molar-refractivity contribution in [3.05, 3.63) is 54.1 Å². The van der Waals surface area contributed by atoms with Gasteiger partial charge in [0, 0.05) is 30.3 Å². The van der Waals surface area contributed by atoms with Gasteiger partial charge in [0.1, 0.15) is 5.75 Å². The van der Waals surface area contributed by atoms with E-state index in [0.29, 0.717) is 31.1 Å². The van der Waals surface area contributed by atoms with Gasteiger partial charge in [-0.05, 0) is 43.2 Å². The van der Waals surface area contributed by atoms with E-state index in [2.05, 4.69) is 4.72 Å². The molecule has 0 aliphatic carbocycles. The van der Waals surface area contributed by atoms with Crippen LogP contribution in [-0.2, 0) is 10.0 Å². The number of rotatable bonds is 8. The van der Waals surface area contributed by atoms with Gasteiger partial charge in [-0.15, -0.1) is 11.8 Å². The van der Waals surface area contributed by atoms with Gasteiger partial charge >= 0.3 is 0 Å². The standard InChI is InChI=1S/C20H24N2O4S2/c1-26-19-10-9-17(15-18(19)20(23)22-12-5-6-13-22)28(24,25)21-11-14-27-16-7-3-2-4-8-16/h2-4,7-10,15,21H,5-6,11-14H2,1H3. The summed E-state index contributed by atoms with van der Waals surface area (Å²) >= 11 is 1.58. The second-order valence-electron chi connectivity index (χ2n) is 6.42. The number of hydrogen-bond acceptors (Lipinski definition) is 5. The number of benzene rings is 2. The molecular formula is C20H24N2O4S2. The lowest BCUT2D eigenvalue weighted by atomic mass is 10.1. The number of carbonyl (C=O) groups is 1. The summed E-state index contributed by atoms with van der Waals surface area (Å²) in [7, 11) is -2.23. The van der Waals surface area contributed by atoms with E-state index in [1.165, 1.54) is 25.3 Å². The van der Waals surface area contributed by atoms with Crippen molar-refractivity contribution in [2.24, 2.45) is 0 Å². The molecule has 1 saturated heterocycles. The van der Waals surface area contributed by atoms with Gasteiger partial charge in [-0.25, -0.2) is 13.1 Å². The fraction of sp³-hybridized carbons (Fsp3) is 0.350. The minimum atomic E-state index is -3.71. The zero-order valence-electron chi connectivity index (χ0n) is 15.8. The Bertz CT molecular complexity index is 911. The number of carbonyl (C=O) groups excluding carboxylic acids is 1. The van der Waals surface area contributed by atoms with E-state index in [-0.39, 0.29) is 16.4 Å². The molecule has 0 saturated carbocycles. The molecule has 8 heteroatoms. The Morgan fingerprint density at radius 2 is 1.86 bits per heavy atom. The quantitative estimate of drug-likeness (QED) is 0.525. The summed E-state index contributed by atoms with van der Waals surface area (Å²) in [6.07, 6.45) is 1.93. The third-order valence-corrected chi connectivity index (χ3v) is 6.98. The molecule has 1 fully saturated rings. The lowest BCUT2D eigenvalue weighted by Gasteiger charge is -2.18.